The highest BCUT2D eigenvalue weighted by molar-refractivity contribution is 5.71. The van der Waals surface area contributed by atoms with Gasteiger partial charge >= 0.3 is 6.18 Å². The monoisotopic (exact) mass is 323 g/mol. The van der Waals surface area contributed by atoms with Gasteiger partial charge in [-0.15, -0.1) is 0 Å². The number of hydrogen-bond acceptors (Lipinski definition) is 2. The van der Waals surface area contributed by atoms with Gasteiger partial charge in [0.15, 0.2) is 0 Å². The molecule has 2 aromatic rings. The second kappa shape index (κ2) is 7.04. The highest BCUT2D eigenvalue weighted by atomic mass is 19.4. The zero-order valence-electron chi connectivity index (χ0n) is 13.4. The van der Waals surface area contributed by atoms with Crippen molar-refractivity contribution in [1.82, 2.24) is 4.90 Å². The number of halogens is 3. The molecule has 0 saturated heterocycles. The Morgan fingerprint density at radius 2 is 1.65 bits per heavy atom. The Balaban J connectivity index is 2.34. The van der Waals surface area contributed by atoms with Gasteiger partial charge in [-0.3, -0.25) is 0 Å². The standard InChI is InChI=1S/C18H20F3NO/c1-22(2)11-10-13-4-9-17(23-3)16(12-13)14-5-7-15(8-6-14)18(19,20)21/h4-9,12H,10-11H2,1-3H3. The maximum absolute atomic E-state index is 12.7. The molecule has 0 aliphatic carbocycles. The molecule has 0 heterocycles. The van der Waals surface area contributed by atoms with Crippen molar-refractivity contribution in [2.24, 2.45) is 0 Å². The van der Waals surface area contributed by atoms with Crippen molar-refractivity contribution in [2.45, 2.75) is 12.6 Å². The molecule has 0 aliphatic heterocycles. The van der Waals surface area contributed by atoms with Gasteiger partial charge in [0.05, 0.1) is 12.7 Å². The van der Waals surface area contributed by atoms with Crippen molar-refractivity contribution < 1.29 is 17.9 Å². The Morgan fingerprint density at radius 1 is 1.00 bits per heavy atom. The lowest BCUT2D eigenvalue weighted by Gasteiger charge is -2.14. The molecule has 2 nitrogen and oxygen atoms in total. The Kier molecular flexibility index (Phi) is 5.31. The number of hydrogen-bond donors (Lipinski definition) is 0. The van der Waals surface area contributed by atoms with E-state index in [0.29, 0.717) is 11.3 Å². The van der Waals surface area contributed by atoms with Crippen LogP contribution in [0.5, 0.6) is 5.75 Å². The minimum absolute atomic E-state index is 0.649. The first kappa shape index (κ1) is 17.3. The molecule has 0 amide bonds. The van der Waals surface area contributed by atoms with Crippen LogP contribution in [0.4, 0.5) is 13.2 Å². The lowest BCUT2D eigenvalue weighted by atomic mass is 9.99. The van der Waals surface area contributed by atoms with E-state index in [-0.39, 0.29) is 0 Å². The van der Waals surface area contributed by atoms with Crippen LogP contribution in [0.15, 0.2) is 42.5 Å². The molecule has 23 heavy (non-hydrogen) atoms. The van der Waals surface area contributed by atoms with Gasteiger partial charge in [0.1, 0.15) is 5.75 Å². The van der Waals surface area contributed by atoms with Gasteiger partial charge in [0.2, 0.25) is 0 Å². The minimum Gasteiger partial charge on any atom is -0.496 e. The fraction of sp³-hybridized carbons (Fsp3) is 0.333. The zero-order valence-corrected chi connectivity index (χ0v) is 13.4. The van der Waals surface area contributed by atoms with E-state index in [4.69, 9.17) is 4.74 Å². The number of likely N-dealkylation sites (N-methyl/N-ethyl adjacent to an activating group) is 1. The number of rotatable bonds is 5. The summed E-state index contributed by atoms with van der Waals surface area (Å²) in [5, 5.41) is 0. The fourth-order valence-corrected chi connectivity index (χ4v) is 2.33. The van der Waals surface area contributed by atoms with Gasteiger partial charge in [0, 0.05) is 12.1 Å². The van der Waals surface area contributed by atoms with Gasteiger partial charge in [-0.2, -0.15) is 13.2 Å². The molecule has 0 spiro atoms. The smallest absolute Gasteiger partial charge is 0.416 e. The number of nitrogens with zero attached hydrogens (tertiary/aromatic N) is 1. The van der Waals surface area contributed by atoms with Crippen LogP contribution in [-0.4, -0.2) is 32.6 Å². The molecular weight excluding hydrogens is 303 g/mol. The Labute approximate surface area is 134 Å². The van der Waals surface area contributed by atoms with Crippen LogP contribution in [0.3, 0.4) is 0 Å². The fourth-order valence-electron chi connectivity index (χ4n) is 2.33. The minimum atomic E-state index is -4.32. The van der Waals surface area contributed by atoms with E-state index in [0.717, 1.165) is 36.2 Å². The van der Waals surface area contributed by atoms with Crippen LogP contribution in [0.25, 0.3) is 11.1 Å². The Bertz CT molecular complexity index is 648. The van der Waals surface area contributed by atoms with Crippen molar-refractivity contribution in [1.29, 1.82) is 0 Å². The molecule has 0 N–H and O–H groups in total. The van der Waals surface area contributed by atoms with Gasteiger partial charge in [0.25, 0.3) is 0 Å². The van der Waals surface area contributed by atoms with Gasteiger partial charge in [-0.1, -0.05) is 18.2 Å². The predicted molar refractivity (Wildman–Crippen MR) is 85.7 cm³/mol. The zero-order chi connectivity index (χ0) is 17.0. The molecule has 0 atom stereocenters. The molecule has 0 aromatic heterocycles. The number of methoxy groups -OCH3 is 1. The maximum atomic E-state index is 12.7. The molecule has 5 heteroatoms. The van der Waals surface area contributed by atoms with E-state index >= 15 is 0 Å². The summed E-state index contributed by atoms with van der Waals surface area (Å²) in [5.74, 6) is 0.651. The van der Waals surface area contributed by atoms with Crippen molar-refractivity contribution >= 4 is 0 Å². The highest BCUT2D eigenvalue weighted by Crippen LogP contribution is 2.34. The van der Waals surface area contributed by atoms with E-state index < -0.39 is 11.7 Å². The summed E-state index contributed by atoms with van der Waals surface area (Å²) in [4.78, 5) is 2.09. The quantitative estimate of drug-likeness (QED) is 0.804. The summed E-state index contributed by atoms with van der Waals surface area (Å²) >= 11 is 0. The molecular formula is C18H20F3NO. The van der Waals surface area contributed by atoms with Gasteiger partial charge in [-0.05, 0) is 55.9 Å². The normalized spacial score (nSPS) is 11.8. The number of benzene rings is 2. The van der Waals surface area contributed by atoms with E-state index in [1.807, 2.05) is 32.3 Å². The first-order chi connectivity index (χ1) is 10.8. The van der Waals surface area contributed by atoms with Crippen LogP contribution in [0.1, 0.15) is 11.1 Å². The summed E-state index contributed by atoms with van der Waals surface area (Å²) in [7, 11) is 5.56. The third-order valence-electron chi connectivity index (χ3n) is 3.63. The van der Waals surface area contributed by atoms with E-state index in [2.05, 4.69) is 4.90 Å². The summed E-state index contributed by atoms with van der Waals surface area (Å²) in [5.41, 5.74) is 1.98. The SMILES string of the molecule is COc1ccc(CCN(C)C)cc1-c1ccc(C(F)(F)F)cc1. The molecule has 0 radical (unpaired) electrons. The van der Waals surface area contributed by atoms with Crippen molar-refractivity contribution in [3.05, 3.63) is 53.6 Å². The highest BCUT2D eigenvalue weighted by Gasteiger charge is 2.30. The van der Waals surface area contributed by atoms with E-state index in [9.17, 15) is 13.2 Å². The van der Waals surface area contributed by atoms with Crippen LogP contribution < -0.4 is 4.74 Å². The number of ether oxygens (including phenoxy) is 1. The number of alkyl halides is 3. The van der Waals surface area contributed by atoms with Gasteiger partial charge in [-0.25, -0.2) is 0 Å². The van der Waals surface area contributed by atoms with Crippen molar-refractivity contribution in [2.75, 3.05) is 27.7 Å². The topological polar surface area (TPSA) is 12.5 Å². The van der Waals surface area contributed by atoms with Crippen LogP contribution in [-0.2, 0) is 12.6 Å². The van der Waals surface area contributed by atoms with Crippen molar-refractivity contribution in [3.63, 3.8) is 0 Å². The second-order valence-electron chi connectivity index (χ2n) is 5.66. The molecule has 2 aromatic carbocycles. The molecule has 0 saturated carbocycles. The van der Waals surface area contributed by atoms with Crippen molar-refractivity contribution in [3.8, 4) is 16.9 Å². The van der Waals surface area contributed by atoms with Crippen LogP contribution in [0, 0.1) is 0 Å². The first-order valence-corrected chi connectivity index (χ1v) is 7.30. The third kappa shape index (κ3) is 4.48. The molecule has 2 rings (SSSR count). The van der Waals surface area contributed by atoms with E-state index in [1.54, 1.807) is 7.11 Å². The molecule has 0 unspecified atom stereocenters. The summed E-state index contributed by atoms with van der Waals surface area (Å²) < 4.78 is 43.4. The largest absolute Gasteiger partial charge is 0.496 e. The first-order valence-electron chi connectivity index (χ1n) is 7.30. The molecule has 0 aliphatic rings. The lowest BCUT2D eigenvalue weighted by molar-refractivity contribution is -0.137. The molecule has 0 fully saturated rings. The second-order valence-corrected chi connectivity index (χ2v) is 5.66. The molecule has 0 bridgehead atoms. The van der Waals surface area contributed by atoms with Crippen LogP contribution in [0.2, 0.25) is 0 Å². The molecule has 124 valence electrons. The Morgan fingerprint density at radius 3 is 2.17 bits per heavy atom. The maximum Gasteiger partial charge on any atom is 0.416 e. The predicted octanol–water partition coefficient (Wildman–Crippen LogP) is 4.49. The average molecular weight is 323 g/mol. The summed E-state index contributed by atoms with van der Waals surface area (Å²) in [6.45, 7) is 0.902. The average Bonchev–Trinajstić information content (AvgIpc) is 2.52. The Hall–Kier alpha value is -2.01. The lowest BCUT2D eigenvalue weighted by Crippen LogP contribution is -2.15. The summed E-state index contributed by atoms with van der Waals surface area (Å²) in [6.07, 6.45) is -3.46. The third-order valence-corrected chi connectivity index (χ3v) is 3.63. The van der Waals surface area contributed by atoms with E-state index in [1.165, 1.54) is 12.1 Å². The van der Waals surface area contributed by atoms with Gasteiger partial charge < -0.3 is 9.64 Å². The van der Waals surface area contributed by atoms with Crippen LogP contribution >= 0.6 is 0 Å². The summed E-state index contributed by atoms with van der Waals surface area (Å²) in [6, 6.07) is 11.0.